The highest BCUT2D eigenvalue weighted by molar-refractivity contribution is 9.10. The van der Waals surface area contributed by atoms with E-state index in [0.717, 1.165) is 27.8 Å². The third-order valence-corrected chi connectivity index (χ3v) is 6.77. The van der Waals surface area contributed by atoms with Crippen LogP contribution < -0.4 is 10.2 Å². The van der Waals surface area contributed by atoms with Crippen molar-refractivity contribution in [3.05, 3.63) is 94.0 Å². The Morgan fingerprint density at radius 1 is 1.10 bits per heavy atom. The first-order valence-corrected chi connectivity index (χ1v) is 11.6. The number of nitrogens with zero attached hydrogens (tertiary/aromatic N) is 1. The van der Waals surface area contributed by atoms with Gasteiger partial charge in [-0.3, -0.25) is 14.5 Å². The highest BCUT2D eigenvalue weighted by atomic mass is 79.9. The van der Waals surface area contributed by atoms with E-state index in [-0.39, 0.29) is 17.2 Å². The minimum Gasteiger partial charge on any atom is -0.322 e. The summed E-state index contributed by atoms with van der Waals surface area (Å²) in [6.45, 7) is 2.11. The van der Waals surface area contributed by atoms with Gasteiger partial charge in [-0.1, -0.05) is 47.1 Å². The average Bonchev–Trinajstić information content (AvgIpc) is 3.16. The van der Waals surface area contributed by atoms with E-state index in [0.29, 0.717) is 11.3 Å². The Bertz CT molecular complexity index is 1070. The summed E-state index contributed by atoms with van der Waals surface area (Å²) in [5.41, 5.74) is 4.50. The normalized spacial score (nSPS) is 16.0. The predicted octanol–water partition coefficient (Wildman–Crippen LogP) is 6.04. The van der Waals surface area contributed by atoms with Crippen LogP contribution in [0, 0.1) is 0 Å². The number of aryl methyl sites for hydroxylation is 1. The van der Waals surface area contributed by atoms with Gasteiger partial charge in [-0.15, -0.1) is 11.8 Å². The number of thioether (sulfide) groups is 1. The molecular formula is C24H21BrN2O2S. The number of amides is 2. The summed E-state index contributed by atoms with van der Waals surface area (Å²) in [5, 5.41) is 2.85. The fourth-order valence-electron chi connectivity index (χ4n) is 3.41. The lowest BCUT2D eigenvalue weighted by Gasteiger charge is -2.25. The molecule has 1 fully saturated rings. The summed E-state index contributed by atoms with van der Waals surface area (Å²) in [5.74, 6) is 0.424. The lowest BCUT2D eigenvalue weighted by atomic mass is 10.1. The minimum absolute atomic E-state index is 0.0687. The smallest absolute Gasteiger partial charge is 0.255 e. The van der Waals surface area contributed by atoms with Crippen molar-refractivity contribution in [1.82, 2.24) is 0 Å². The van der Waals surface area contributed by atoms with Gasteiger partial charge in [0.2, 0.25) is 5.91 Å². The monoisotopic (exact) mass is 480 g/mol. The maximum absolute atomic E-state index is 12.6. The molecule has 0 aliphatic carbocycles. The van der Waals surface area contributed by atoms with Crippen molar-refractivity contribution in [3.8, 4) is 0 Å². The average molecular weight is 481 g/mol. The van der Waals surface area contributed by atoms with E-state index in [1.54, 1.807) is 23.9 Å². The van der Waals surface area contributed by atoms with Crippen molar-refractivity contribution < 1.29 is 9.59 Å². The molecule has 3 aromatic rings. The lowest BCUT2D eigenvalue weighted by Crippen LogP contribution is -2.27. The van der Waals surface area contributed by atoms with E-state index in [4.69, 9.17) is 0 Å². The number of anilines is 2. The molecule has 2 amide bonds. The molecule has 1 atom stereocenters. The Morgan fingerprint density at radius 3 is 2.53 bits per heavy atom. The van der Waals surface area contributed by atoms with Crippen molar-refractivity contribution in [2.75, 3.05) is 16.0 Å². The molecule has 0 bridgehead atoms. The van der Waals surface area contributed by atoms with Crippen LogP contribution in [0.4, 0.5) is 11.4 Å². The summed E-state index contributed by atoms with van der Waals surface area (Å²) in [4.78, 5) is 26.9. The van der Waals surface area contributed by atoms with Crippen LogP contribution in [0.3, 0.4) is 0 Å². The predicted molar refractivity (Wildman–Crippen MR) is 127 cm³/mol. The fourth-order valence-corrected chi connectivity index (χ4v) is 4.85. The maximum Gasteiger partial charge on any atom is 0.255 e. The first-order valence-electron chi connectivity index (χ1n) is 9.74. The first kappa shape index (κ1) is 20.7. The summed E-state index contributed by atoms with van der Waals surface area (Å²) in [7, 11) is 0. The summed E-state index contributed by atoms with van der Waals surface area (Å²) >= 11 is 5.00. The molecule has 6 heteroatoms. The Hall–Kier alpha value is -2.57. The summed E-state index contributed by atoms with van der Waals surface area (Å²) < 4.78 is 0.932. The van der Waals surface area contributed by atoms with Gasteiger partial charge in [0.05, 0.1) is 5.75 Å². The lowest BCUT2D eigenvalue weighted by molar-refractivity contribution is -0.115. The molecule has 1 aliphatic heterocycles. The zero-order valence-electron chi connectivity index (χ0n) is 16.5. The summed E-state index contributed by atoms with van der Waals surface area (Å²) in [6, 6.07) is 23.1. The van der Waals surface area contributed by atoms with Crippen LogP contribution in [-0.4, -0.2) is 17.6 Å². The zero-order chi connectivity index (χ0) is 21.1. The largest absolute Gasteiger partial charge is 0.322 e. The number of nitrogens with one attached hydrogen (secondary N) is 1. The standard InChI is InChI=1S/C24H21BrN2O2S/c1-2-16-4-3-5-21(14-16)27-22(28)15-30-24(27)18-8-12-20(13-9-18)26-23(29)17-6-10-19(25)11-7-17/h3-14,24H,2,15H2,1H3,(H,26,29)/t24-/m0/s1. The van der Waals surface area contributed by atoms with E-state index < -0.39 is 0 Å². The number of rotatable bonds is 5. The number of hydrogen-bond acceptors (Lipinski definition) is 3. The third-order valence-electron chi connectivity index (χ3n) is 5.02. The van der Waals surface area contributed by atoms with Crippen molar-refractivity contribution in [2.24, 2.45) is 0 Å². The minimum atomic E-state index is -0.154. The molecule has 0 saturated carbocycles. The van der Waals surface area contributed by atoms with E-state index >= 15 is 0 Å². The number of carbonyl (C=O) groups is 2. The Balaban J connectivity index is 1.51. The number of benzene rings is 3. The van der Waals surface area contributed by atoms with Gasteiger partial charge in [0, 0.05) is 21.4 Å². The molecule has 1 N–H and O–H groups in total. The Labute approximate surface area is 188 Å². The molecule has 4 rings (SSSR count). The molecule has 4 nitrogen and oxygen atoms in total. The highest BCUT2D eigenvalue weighted by Crippen LogP contribution is 2.42. The molecule has 30 heavy (non-hydrogen) atoms. The maximum atomic E-state index is 12.6. The molecular weight excluding hydrogens is 460 g/mol. The number of carbonyl (C=O) groups excluding carboxylic acids is 2. The molecule has 1 aliphatic rings. The van der Waals surface area contributed by atoms with Gasteiger partial charge in [-0.2, -0.15) is 0 Å². The van der Waals surface area contributed by atoms with Gasteiger partial charge >= 0.3 is 0 Å². The van der Waals surface area contributed by atoms with Crippen molar-refractivity contribution in [1.29, 1.82) is 0 Å². The van der Waals surface area contributed by atoms with Gasteiger partial charge in [0.25, 0.3) is 5.91 Å². The Kier molecular flexibility index (Phi) is 6.25. The van der Waals surface area contributed by atoms with E-state index in [9.17, 15) is 9.59 Å². The molecule has 1 saturated heterocycles. The van der Waals surface area contributed by atoms with Gasteiger partial charge in [0.15, 0.2) is 0 Å². The van der Waals surface area contributed by atoms with Crippen LogP contribution in [0.1, 0.15) is 33.8 Å². The topological polar surface area (TPSA) is 49.4 Å². The van der Waals surface area contributed by atoms with Crippen LogP contribution in [0.25, 0.3) is 0 Å². The molecule has 3 aromatic carbocycles. The van der Waals surface area contributed by atoms with Gasteiger partial charge in [-0.05, 0) is 66.1 Å². The van der Waals surface area contributed by atoms with E-state index in [1.807, 2.05) is 53.4 Å². The second-order valence-corrected chi connectivity index (χ2v) is 9.02. The van der Waals surface area contributed by atoms with E-state index in [2.05, 4.69) is 40.3 Å². The first-order chi connectivity index (χ1) is 14.5. The van der Waals surface area contributed by atoms with Crippen LogP contribution in [0.15, 0.2) is 77.3 Å². The molecule has 0 spiro atoms. The third kappa shape index (κ3) is 4.45. The van der Waals surface area contributed by atoms with Gasteiger partial charge in [-0.25, -0.2) is 0 Å². The van der Waals surface area contributed by atoms with Gasteiger partial charge in [0.1, 0.15) is 5.37 Å². The molecule has 1 heterocycles. The number of halogens is 1. The highest BCUT2D eigenvalue weighted by Gasteiger charge is 2.34. The van der Waals surface area contributed by atoms with Crippen molar-refractivity contribution in [2.45, 2.75) is 18.7 Å². The van der Waals surface area contributed by atoms with E-state index in [1.165, 1.54) is 5.56 Å². The second-order valence-electron chi connectivity index (χ2n) is 7.03. The van der Waals surface area contributed by atoms with Crippen LogP contribution in [-0.2, 0) is 11.2 Å². The molecule has 0 unspecified atom stereocenters. The van der Waals surface area contributed by atoms with Crippen LogP contribution in [0.2, 0.25) is 0 Å². The van der Waals surface area contributed by atoms with Crippen LogP contribution >= 0.6 is 27.7 Å². The molecule has 0 radical (unpaired) electrons. The zero-order valence-corrected chi connectivity index (χ0v) is 18.9. The Morgan fingerprint density at radius 2 is 1.83 bits per heavy atom. The number of hydrogen-bond donors (Lipinski definition) is 1. The van der Waals surface area contributed by atoms with Crippen molar-refractivity contribution >= 4 is 50.9 Å². The molecule has 152 valence electrons. The fraction of sp³-hybridized carbons (Fsp3) is 0.167. The summed E-state index contributed by atoms with van der Waals surface area (Å²) in [6.07, 6.45) is 0.931. The SMILES string of the molecule is CCc1cccc(N2C(=O)CS[C@H]2c2ccc(NC(=O)c3ccc(Br)cc3)cc2)c1. The van der Waals surface area contributed by atoms with Crippen molar-refractivity contribution in [3.63, 3.8) is 0 Å². The second kappa shape index (κ2) is 9.06. The van der Waals surface area contributed by atoms with Crippen LogP contribution in [0.5, 0.6) is 0 Å². The quantitative estimate of drug-likeness (QED) is 0.483. The van der Waals surface area contributed by atoms with Gasteiger partial charge < -0.3 is 5.32 Å². The molecule has 0 aromatic heterocycles.